The van der Waals surface area contributed by atoms with E-state index in [1.165, 1.54) is 24.1 Å². The minimum atomic E-state index is -0.330. The number of methoxy groups -OCH3 is 1. The van der Waals surface area contributed by atoms with Gasteiger partial charge in [-0.1, -0.05) is 12.1 Å². The molecule has 8 heteroatoms. The standard InChI is InChI=1S/C20H17BrFNO4S/c1-3-23-19(24)17(28-20(23)25)10-13-8-15(21)18(16(9-13)26-2)27-11-12-5-4-6-14(22)7-12/h4-10H,3,11H2,1-2H3. The van der Waals surface area contributed by atoms with Gasteiger partial charge >= 0.3 is 0 Å². The second kappa shape index (κ2) is 8.79. The maximum absolute atomic E-state index is 13.3. The van der Waals surface area contributed by atoms with Gasteiger partial charge in [-0.15, -0.1) is 0 Å². The molecule has 1 aliphatic heterocycles. The summed E-state index contributed by atoms with van der Waals surface area (Å²) in [7, 11) is 1.51. The number of nitrogens with zero attached hydrogens (tertiary/aromatic N) is 1. The first-order chi connectivity index (χ1) is 13.4. The summed E-state index contributed by atoms with van der Waals surface area (Å²) in [6.07, 6.45) is 1.64. The van der Waals surface area contributed by atoms with E-state index in [-0.39, 0.29) is 23.6 Å². The molecule has 1 saturated heterocycles. The minimum Gasteiger partial charge on any atom is -0.493 e. The molecule has 146 valence electrons. The number of hydrogen-bond donors (Lipinski definition) is 0. The van der Waals surface area contributed by atoms with Crippen LogP contribution < -0.4 is 9.47 Å². The van der Waals surface area contributed by atoms with Crippen LogP contribution in [-0.4, -0.2) is 29.7 Å². The van der Waals surface area contributed by atoms with Crippen LogP contribution in [-0.2, 0) is 11.4 Å². The van der Waals surface area contributed by atoms with Crippen LogP contribution in [0.25, 0.3) is 6.08 Å². The third kappa shape index (κ3) is 4.39. The maximum atomic E-state index is 13.3. The second-order valence-electron chi connectivity index (χ2n) is 5.88. The predicted molar refractivity (Wildman–Crippen MR) is 110 cm³/mol. The Kier molecular flexibility index (Phi) is 6.41. The number of rotatable bonds is 6. The summed E-state index contributed by atoms with van der Waals surface area (Å²) in [5.41, 5.74) is 1.37. The average molecular weight is 466 g/mol. The Bertz CT molecular complexity index is 963. The number of hydrogen-bond acceptors (Lipinski definition) is 5. The van der Waals surface area contributed by atoms with Gasteiger partial charge in [-0.05, 0) is 76.1 Å². The molecule has 3 rings (SSSR count). The number of halogens is 2. The van der Waals surface area contributed by atoms with Gasteiger partial charge in [-0.25, -0.2) is 4.39 Å². The molecule has 1 heterocycles. The van der Waals surface area contributed by atoms with Gasteiger partial charge in [0.05, 0.1) is 16.5 Å². The van der Waals surface area contributed by atoms with Gasteiger partial charge in [-0.3, -0.25) is 14.5 Å². The van der Waals surface area contributed by atoms with Crippen molar-refractivity contribution in [3.8, 4) is 11.5 Å². The highest BCUT2D eigenvalue weighted by molar-refractivity contribution is 9.10. The average Bonchev–Trinajstić information content (AvgIpc) is 2.93. The quantitative estimate of drug-likeness (QED) is 0.546. The van der Waals surface area contributed by atoms with E-state index in [1.54, 1.807) is 37.3 Å². The van der Waals surface area contributed by atoms with Crippen molar-refractivity contribution in [1.82, 2.24) is 4.90 Å². The number of carbonyl (C=O) groups is 2. The van der Waals surface area contributed by atoms with Crippen molar-refractivity contribution in [3.63, 3.8) is 0 Å². The Balaban J connectivity index is 1.85. The summed E-state index contributed by atoms with van der Waals surface area (Å²) in [6, 6.07) is 9.64. The fourth-order valence-electron chi connectivity index (χ4n) is 2.67. The van der Waals surface area contributed by atoms with Gasteiger partial charge < -0.3 is 9.47 Å². The van der Waals surface area contributed by atoms with Gasteiger partial charge in [0.25, 0.3) is 11.1 Å². The Hall–Kier alpha value is -2.32. The van der Waals surface area contributed by atoms with Crippen LogP contribution in [0.1, 0.15) is 18.1 Å². The van der Waals surface area contributed by atoms with Crippen LogP contribution in [0.5, 0.6) is 11.5 Å². The Morgan fingerprint density at radius 2 is 2.04 bits per heavy atom. The molecule has 0 aromatic heterocycles. The van der Waals surface area contributed by atoms with Crippen LogP contribution in [0.15, 0.2) is 45.8 Å². The molecule has 2 aromatic rings. The summed E-state index contributed by atoms with van der Waals surface area (Å²) in [6.45, 7) is 2.26. The number of imide groups is 1. The molecule has 0 atom stereocenters. The number of amides is 2. The van der Waals surface area contributed by atoms with Gasteiger partial charge in [0.2, 0.25) is 0 Å². The molecule has 5 nitrogen and oxygen atoms in total. The highest BCUT2D eigenvalue weighted by Gasteiger charge is 2.33. The van der Waals surface area contributed by atoms with Crippen molar-refractivity contribution in [2.75, 3.05) is 13.7 Å². The molecular weight excluding hydrogens is 449 g/mol. The largest absolute Gasteiger partial charge is 0.493 e. The molecule has 28 heavy (non-hydrogen) atoms. The third-order valence-electron chi connectivity index (χ3n) is 4.01. The van der Waals surface area contributed by atoms with Gasteiger partial charge in [0, 0.05) is 6.54 Å². The molecule has 2 amide bonds. The zero-order valence-electron chi connectivity index (χ0n) is 15.2. The van der Waals surface area contributed by atoms with E-state index in [0.29, 0.717) is 38.5 Å². The summed E-state index contributed by atoms with van der Waals surface area (Å²) >= 11 is 4.36. The van der Waals surface area contributed by atoms with E-state index in [0.717, 1.165) is 11.8 Å². The lowest BCUT2D eigenvalue weighted by atomic mass is 10.1. The number of benzene rings is 2. The molecule has 0 radical (unpaired) electrons. The number of thioether (sulfide) groups is 1. The minimum absolute atomic E-state index is 0.168. The van der Waals surface area contributed by atoms with Crippen molar-refractivity contribution < 1.29 is 23.5 Å². The van der Waals surface area contributed by atoms with Crippen molar-refractivity contribution in [1.29, 1.82) is 0 Å². The van der Waals surface area contributed by atoms with Crippen LogP contribution in [0, 0.1) is 5.82 Å². The van der Waals surface area contributed by atoms with Gasteiger partial charge in [0.1, 0.15) is 12.4 Å². The predicted octanol–water partition coefficient (Wildman–Crippen LogP) is 5.23. The second-order valence-corrected chi connectivity index (χ2v) is 7.73. The lowest BCUT2D eigenvalue weighted by Crippen LogP contribution is -2.27. The first-order valence-corrected chi connectivity index (χ1v) is 10.0. The molecule has 0 N–H and O–H groups in total. The van der Waals surface area contributed by atoms with E-state index in [4.69, 9.17) is 9.47 Å². The summed E-state index contributed by atoms with van der Waals surface area (Å²) in [5, 5.41) is -0.278. The Labute approximate surface area is 174 Å². The van der Waals surface area contributed by atoms with E-state index in [1.807, 2.05) is 0 Å². The highest BCUT2D eigenvalue weighted by atomic mass is 79.9. The molecule has 0 spiro atoms. The fourth-order valence-corrected chi connectivity index (χ4v) is 4.15. The van der Waals surface area contributed by atoms with Crippen LogP contribution in [0.4, 0.5) is 9.18 Å². The van der Waals surface area contributed by atoms with E-state index in [9.17, 15) is 14.0 Å². The molecule has 0 bridgehead atoms. The summed E-state index contributed by atoms with van der Waals surface area (Å²) in [4.78, 5) is 25.7. The monoisotopic (exact) mass is 465 g/mol. The lowest BCUT2D eigenvalue weighted by molar-refractivity contribution is -0.122. The highest BCUT2D eigenvalue weighted by Crippen LogP contribution is 2.39. The molecule has 0 unspecified atom stereocenters. The topological polar surface area (TPSA) is 55.8 Å². The molecule has 0 saturated carbocycles. The Morgan fingerprint density at radius 3 is 2.68 bits per heavy atom. The first kappa shape index (κ1) is 20.4. The number of ether oxygens (including phenoxy) is 2. The van der Waals surface area contributed by atoms with Crippen LogP contribution in [0.2, 0.25) is 0 Å². The van der Waals surface area contributed by atoms with E-state index in [2.05, 4.69) is 15.9 Å². The summed E-state index contributed by atoms with van der Waals surface area (Å²) < 4.78 is 25.1. The smallest absolute Gasteiger partial charge is 0.293 e. The van der Waals surface area contributed by atoms with Gasteiger partial charge in [-0.2, -0.15) is 0 Å². The SMILES string of the molecule is CCN1C(=O)SC(=Cc2cc(Br)c(OCc3cccc(F)c3)c(OC)c2)C1=O. The molecule has 1 fully saturated rings. The van der Waals surface area contributed by atoms with Crippen LogP contribution in [0.3, 0.4) is 0 Å². The number of carbonyl (C=O) groups excluding carboxylic acids is 2. The maximum Gasteiger partial charge on any atom is 0.293 e. The van der Waals surface area contributed by atoms with Crippen molar-refractivity contribution in [3.05, 3.63) is 62.7 Å². The zero-order valence-corrected chi connectivity index (χ0v) is 17.6. The summed E-state index contributed by atoms with van der Waals surface area (Å²) in [5.74, 6) is 0.278. The Morgan fingerprint density at radius 1 is 1.25 bits per heavy atom. The van der Waals surface area contributed by atoms with E-state index < -0.39 is 0 Å². The number of likely N-dealkylation sites (N-methyl/N-ethyl adjacent to an activating group) is 1. The van der Waals surface area contributed by atoms with Crippen molar-refractivity contribution in [2.24, 2.45) is 0 Å². The van der Waals surface area contributed by atoms with Crippen molar-refractivity contribution in [2.45, 2.75) is 13.5 Å². The molecule has 2 aromatic carbocycles. The molecule has 0 aliphatic carbocycles. The van der Waals surface area contributed by atoms with Gasteiger partial charge in [0.15, 0.2) is 11.5 Å². The van der Waals surface area contributed by atoms with E-state index >= 15 is 0 Å². The fraction of sp³-hybridized carbons (Fsp3) is 0.200. The normalized spacial score (nSPS) is 15.4. The third-order valence-corrected chi connectivity index (χ3v) is 5.51. The first-order valence-electron chi connectivity index (χ1n) is 8.43. The molecular formula is C20H17BrFNO4S. The van der Waals surface area contributed by atoms with Crippen LogP contribution >= 0.6 is 27.7 Å². The molecule has 1 aliphatic rings. The zero-order chi connectivity index (χ0) is 20.3. The lowest BCUT2D eigenvalue weighted by Gasteiger charge is -2.14. The van der Waals surface area contributed by atoms with Crippen molar-refractivity contribution >= 4 is 44.9 Å².